The normalized spacial score (nSPS) is 10.3. The van der Waals surface area contributed by atoms with E-state index in [-0.39, 0.29) is 0 Å². The molecule has 0 unspecified atom stereocenters. The van der Waals surface area contributed by atoms with Crippen molar-refractivity contribution in [3.05, 3.63) is 36.3 Å². The summed E-state index contributed by atoms with van der Waals surface area (Å²) in [6.45, 7) is 0.850. The number of hydrogen-bond donors (Lipinski definition) is 2. The summed E-state index contributed by atoms with van der Waals surface area (Å²) in [5.41, 5.74) is 7.78. The summed E-state index contributed by atoms with van der Waals surface area (Å²) in [7, 11) is 1.94. The second-order valence-corrected chi connectivity index (χ2v) is 3.59. The Morgan fingerprint density at radius 1 is 1.38 bits per heavy atom. The second-order valence-electron chi connectivity index (χ2n) is 3.59. The summed E-state index contributed by atoms with van der Waals surface area (Å²) in [6.07, 6.45) is 4.43. The van der Waals surface area contributed by atoms with Crippen molar-refractivity contribution in [2.75, 3.05) is 17.6 Å². The predicted molar refractivity (Wildman–Crippen MR) is 64.1 cm³/mol. The quantitative estimate of drug-likeness (QED) is 0.803. The monoisotopic (exact) mass is 217 g/mol. The first-order chi connectivity index (χ1) is 7.75. The molecule has 0 fully saturated rings. The largest absolute Gasteiger partial charge is 0.385 e. The molecule has 84 valence electrons. The first-order valence-electron chi connectivity index (χ1n) is 5.18. The Hall–Kier alpha value is -2.04. The van der Waals surface area contributed by atoms with Crippen LogP contribution in [0.25, 0.3) is 0 Å². The molecular formula is C11H15N5. The third-order valence-corrected chi connectivity index (χ3v) is 2.41. The molecule has 0 aliphatic carbocycles. The number of rotatable bonds is 4. The van der Waals surface area contributed by atoms with E-state index in [1.165, 1.54) is 5.69 Å². The number of anilines is 2. The number of hydrogen-bond acceptors (Lipinski definition) is 4. The molecule has 0 saturated carbocycles. The number of pyridine rings is 1. The smallest absolute Gasteiger partial charge is 0.125 e. The first kappa shape index (κ1) is 10.5. The van der Waals surface area contributed by atoms with Gasteiger partial charge >= 0.3 is 0 Å². The predicted octanol–water partition coefficient (Wildman–Crippen LogP) is 1.05. The maximum absolute atomic E-state index is 5.58. The lowest BCUT2D eigenvalue weighted by molar-refractivity contribution is 0.711. The van der Waals surface area contributed by atoms with Crippen LogP contribution in [-0.4, -0.2) is 21.3 Å². The molecule has 2 rings (SSSR count). The molecule has 2 heterocycles. The summed E-state index contributed by atoms with van der Waals surface area (Å²) in [6, 6.07) is 5.74. The maximum Gasteiger partial charge on any atom is 0.125 e. The molecular weight excluding hydrogens is 202 g/mol. The molecule has 0 radical (unpaired) electrons. The minimum absolute atomic E-state index is 0.533. The van der Waals surface area contributed by atoms with Gasteiger partial charge in [0.15, 0.2) is 0 Å². The second kappa shape index (κ2) is 4.65. The highest BCUT2D eigenvalue weighted by Crippen LogP contribution is 2.08. The van der Waals surface area contributed by atoms with Gasteiger partial charge in [0.1, 0.15) is 5.82 Å². The van der Waals surface area contributed by atoms with Gasteiger partial charge in [-0.1, -0.05) is 0 Å². The molecule has 0 aliphatic rings. The molecule has 2 aromatic rings. The molecule has 3 N–H and O–H groups in total. The standard InChI is InChI=1S/C11H15N5/c1-16-10(4-7-15-16)3-6-13-9-2-5-14-11(12)8-9/h2,4-5,7-8H,3,6H2,1H3,(H3,12,13,14). The lowest BCUT2D eigenvalue weighted by Crippen LogP contribution is -2.08. The summed E-state index contributed by atoms with van der Waals surface area (Å²) in [5.74, 6) is 0.533. The molecule has 2 aromatic heterocycles. The molecule has 0 atom stereocenters. The zero-order valence-corrected chi connectivity index (χ0v) is 9.22. The fourth-order valence-corrected chi connectivity index (χ4v) is 1.54. The molecule has 16 heavy (non-hydrogen) atoms. The van der Waals surface area contributed by atoms with Gasteiger partial charge in [-0.05, 0) is 12.1 Å². The summed E-state index contributed by atoms with van der Waals surface area (Å²) in [4.78, 5) is 3.94. The Labute approximate surface area is 94.3 Å². The van der Waals surface area contributed by atoms with Crippen molar-refractivity contribution in [1.82, 2.24) is 14.8 Å². The van der Waals surface area contributed by atoms with E-state index in [4.69, 9.17) is 5.73 Å². The van der Waals surface area contributed by atoms with Crippen LogP contribution in [-0.2, 0) is 13.5 Å². The van der Waals surface area contributed by atoms with Gasteiger partial charge in [0.2, 0.25) is 0 Å². The van der Waals surface area contributed by atoms with Crippen LogP contribution in [0.15, 0.2) is 30.6 Å². The van der Waals surface area contributed by atoms with E-state index in [1.807, 2.05) is 29.9 Å². The van der Waals surface area contributed by atoms with Gasteiger partial charge in [0.25, 0.3) is 0 Å². The van der Waals surface area contributed by atoms with Gasteiger partial charge in [0.05, 0.1) is 0 Å². The van der Waals surface area contributed by atoms with Crippen LogP contribution >= 0.6 is 0 Å². The molecule has 0 aliphatic heterocycles. The minimum Gasteiger partial charge on any atom is -0.385 e. The van der Waals surface area contributed by atoms with Crippen LogP contribution in [0.2, 0.25) is 0 Å². The Bertz CT molecular complexity index is 463. The summed E-state index contributed by atoms with van der Waals surface area (Å²) in [5, 5.41) is 7.41. The van der Waals surface area contributed by atoms with E-state index in [9.17, 15) is 0 Å². The highest BCUT2D eigenvalue weighted by molar-refractivity contribution is 5.49. The first-order valence-corrected chi connectivity index (χ1v) is 5.18. The molecule has 5 nitrogen and oxygen atoms in total. The van der Waals surface area contributed by atoms with E-state index >= 15 is 0 Å². The van der Waals surface area contributed by atoms with Crippen LogP contribution in [0, 0.1) is 0 Å². The van der Waals surface area contributed by atoms with Crippen molar-refractivity contribution < 1.29 is 0 Å². The Kier molecular flexibility index (Phi) is 3.05. The van der Waals surface area contributed by atoms with Crippen LogP contribution in [0.4, 0.5) is 11.5 Å². The molecule has 0 bridgehead atoms. The Balaban J connectivity index is 1.87. The topological polar surface area (TPSA) is 68.8 Å². The van der Waals surface area contributed by atoms with Crippen molar-refractivity contribution in [3.8, 4) is 0 Å². The zero-order valence-electron chi connectivity index (χ0n) is 9.22. The van der Waals surface area contributed by atoms with E-state index in [0.717, 1.165) is 18.7 Å². The number of nitrogen functional groups attached to an aromatic ring is 1. The lowest BCUT2D eigenvalue weighted by atomic mass is 10.3. The van der Waals surface area contributed by atoms with Gasteiger partial charge in [-0.25, -0.2) is 4.98 Å². The highest BCUT2D eigenvalue weighted by Gasteiger charge is 1.98. The fourth-order valence-electron chi connectivity index (χ4n) is 1.54. The van der Waals surface area contributed by atoms with Gasteiger partial charge < -0.3 is 11.1 Å². The van der Waals surface area contributed by atoms with E-state index < -0.39 is 0 Å². The van der Waals surface area contributed by atoms with E-state index in [1.54, 1.807) is 12.4 Å². The summed E-state index contributed by atoms with van der Waals surface area (Å²) < 4.78 is 1.88. The maximum atomic E-state index is 5.58. The number of nitrogens with zero attached hydrogens (tertiary/aromatic N) is 3. The highest BCUT2D eigenvalue weighted by atomic mass is 15.3. The van der Waals surface area contributed by atoms with Crippen molar-refractivity contribution in [1.29, 1.82) is 0 Å². The number of nitrogens with two attached hydrogens (primary N) is 1. The Morgan fingerprint density at radius 3 is 2.94 bits per heavy atom. The number of aromatic nitrogens is 3. The third kappa shape index (κ3) is 2.50. The van der Waals surface area contributed by atoms with Crippen molar-refractivity contribution in [2.45, 2.75) is 6.42 Å². The molecule has 0 saturated heterocycles. The SMILES string of the molecule is Cn1nccc1CCNc1ccnc(N)c1. The molecule has 5 heteroatoms. The van der Waals surface area contributed by atoms with Crippen LogP contribution in [0.5, 0.6) is 0 Å². The fraction of sp³-hybridized carbons (Fsp3) is 0.273. The van der Waals surface area contributed by atoms with Crippen molar-refractivity contribution >= 4 is 11.5 Å². The number of nitrogens with one attached hydrogen (secondary N) is 1. The van der Waals surface area contributed by atoms with Gasteiger partial charge in [-0.15, -0.1) is 0 Å². The third-order valence-electron chi connectivity index (χ3n) is 2.41. The van der Waals surface area contributed by atoms with Gasteiger partial charge in [-0.3, -0.25) is 4.68 Å². The Morgan fingerprint density at radius 2 is 2.25 bits per heavy atom. The van der Waals surface area contributed by atoms with Crippen LogP contribution < -0.4 is 11.1 Å². The summed E-state index contributed by atoms with van der Waals surface area (Å²) >= 11 is 0. The average molecular weight is 217 g/mol. The zero-order chi connectivity index (χ0) is 11.4. The van der Waals surface area contributed by atoms with Gasteiger partial charge in [-0.2, -0.15) is 5.10 Å². The van der Waals surface area contributed by atoms with Crippen LogP contribution in [0.3, 0.4) is 0 Å². The minimum atomic E-state index is 0.533. The van der Waals surface area contributed by atoms with E-state index in [0.29, 0.717) is 5.82 Å². The van der Waals surface area contributed by atoms with Crippen LogP contribution in [0.1, 0.15) is 5.69 Å². The van der Waals surface area contributed by atoms with Crippen molar-refractivity contribution in [3.63, 3.8) is 0 Å². The lowest BCUT2D eigenvalue weighted by Gasteiger charge is -2.06. The average Bonchev–Trinajstić information content (AvgIpc) is 2.65. The molecule has 0 amide bonds. The number of aryl methyl sites for hydroxylation is 1. The molecule has 0 aromatic carbocycles. The van der Waals surface area contributed by atoms with Crippen molar-refractivity contribution in [2.24, 2.45) is 7.05 Å². The molecule has 0 spiro atoms. The van der Waals surface area contributed by atoms with E-state index in [2.05, 4.69) is 15.4 Å². The van der Waals surface area contributed by atoms with Gasteiger partial charge in [0, 0.05) is 49.9 Å².